The first kappa shape index (κ1) is 14.7. The normalized spacial score (nSPS) is 22.5. The molecule has 1 aliphatic rings. The third-order valence-electron chi connectivity index (χ3n) is 3.05. The first-order chi connectivity index (χ1) is 9.27. The fourth-order valence-electron chi connectivity index (χ4n) is 2.10. The summed E-state index contributed by atoms with van der Waals surface area (Å²) < 4.78 is 25.8. The average molecular weight is 303 g/mol. The smallest absolute Gasteiger partial charge is 0.321 e. The highest BCUT2D eigenvalue weighted by Gasteiger charge is 2.39. The molecule has 1 saturated heterocycles. The summed E-state index contributed by atoms with van der Waals surface area (Å²) in [6, 6.07) is 5.41. The lowest BCUT2D eigenvalue weighted by Gasteiger charge is -2.22. The Kier molecular flexibility index (Phi) is 3.94. The summed E-state index contributed by atoms with van der Waals surface area (Å²) in [4.78, 5) is 22.8. The van der Waals surface area contributed by atoms with Gasteiger partial charge in [-0.25, -0.2) is 0 Å². The number of amides is 2. The number of hydrogen-bond donors (Lipinski definition) is 2. The van der Waals surface area contributed by atoms with Crippen molar-refractivity contribution < 1.29 is 18.4 Å². The van der Waals surface area contributed by atoms with Crippen LogP contribution in [0, 0.1) is 0 Å². The maximum Gasteiger partial charge on any atom is 0.321 e. The minimum Gasteiger partial charge on any atom is -0.347 e. The highest BCUT2D eigenvalue weighted by molar-refractivity contribution is 6.30. The predicted octanol–water partition coefficient (Wildman–Crippen LogP) is 2.04. The van der Waals surface area contributed by atoms with E-state index in [2.05, 4.69) is 10.6 Å². The molecule has 2 rings (SSSR count). The van der Waals surface area contributed by atoms with Crippen LogP contribution in [0.4, 0.5) is 8.78 Å². The van der Waals surface area contributed by atoms with Crippen LogP contribution >= 0.6 is 11.6 Å². The van der Waals surface area contributed by atoms with E-state index in [1.54, 1.807) is 24.3 Å². The van der Waals surface area contributed by atoms with E-state index in [1.165, 1.54) is 0 Å². The largest absolute Gasteiger partial charge is 0.347 e. The molecule has 7 heteroatoms. The van der Waals surface area contributed by atoms with Gasteiger partial charge in [-0.3, -0.25) is 9.59 Å². The van der Waals surface area contributed by atoms with Crippen LogP contribution in [0.1, 0.15) is 24.9 Å². The zero-order chi connectivity index (χ0) is 14.9. The van der Waals surface area contributed by atoms with Crippen molar-refractivity contribution in [2.45, 2.75) is 31.4 Å². The summed E-state index contributed by atoms with van der Waals surface area (Å²) in [5.41, 5.74) is 0.660. The quantitative estimate of drug-likeness (QED) is 0.898. The molecule has 0 unspecified atom stereocenters. The molecule has 1 aromatic rings. The summed E-state index contributed by atoms with van der Waals surface area (Å²) in [6.45, 7) is 0.515. The number of carbonyl (C=O) groups excluding carboxylic acids is 2. The highest BCUT2D eigenvalue weighted by Crippen LogP contribution is 2.27. The number of nitrogens with one attached hydrogen (secondary N) is 2. The van der Waals surface area contributed by atoms with Crippen LogP contribution in [0.15, 0.2) is 24.3 Å². The Balaban J connectivity index is 2.19. The lowest BCUT2D eigenvalue weighted by molar-refractivity contribution is -0.143. The van der Waals surface area contributed by atoms with Crippen molar-refractivity contribution in [3.63, 3.8) is 0 Å². The maximum atomic E-state index is 12.9. The topological polar surface area (TPSA) is 58.2 Å². The number of rotatable bonds is 3. The molecule has 108 valence electrons. The fraction of sp³-hybridized carbons (Fsp3) is 0.385. The number of alkyl halides is 2. The molecule has 0 aliphatic carbocycles. The van der Waals surface area contributed by atoms with Crippen LogP contribution in [-0.4, -0.2) is 23.8 Å². The molecule has 2 amide bonds. The van der Waals surface area contributed by atoms with Crippen LogP contribution in [0.2, 0.25) is 5.02 Å². The van der Waals surface area contributed by atoms with Crippen LogP contribution in [-0.2, 0) is 9.59 Å². The summed E-state index contributed by atoms with van der Waals surface area (Å²) in [5.74, 6) is -5.18. The monoisotopic (exact) mass is 302 g/mol. The third kappa shape index (κ3) is 3.25. The second-order valence-electron chi connectivity index (χ2n) is 4.77. The van der Waals surface area contributed by atoms with E-state index in [1.807, 2.05) is 0 Å². The highest BCUT2D eigenvalue weighted by atomic mass is 35.5. The van der Waals surface area contributed by atoms with E-state index in [4.69, 9.17) is 11.6 Å². The molecule has 0 saturated carbocycles. The second kappa shape index (κ2) is 5.36. The standard InChI is InChI=1S/C13H13ClF2N2O2/c1-13(15,16)12(20)17-9-6-10(19)18-11(9)7-3-2-4-8(14)5-7/h2-5,9,11H,6H2,1H3,(H,17,20)(H,18,19)/t9-,11+/m1/s1. The van der Waals surface area contributed by atoms with Gasteiger partial charge in [-0.2, -0.15) is 8.78 Å². The van der Waals surface area contributed by atoms with Gasteiger partial charge in [0, 0.05) is 18.4 Å². The molecule has 0 aromatic heterocycles. The molecule has 4 nitrogen and oxygen atoms in total. The Morgan fingerprint density at radius 1 is 1.50 bits per heavy atom. The first-order valence-electron chi connectivity index (χ1n) is 6.01. The minimum atomic E-state index is -3.48. The average Bonchev–Trinajstić information content (AvgIpc) is 2.69. The van der Waals surface area contributed by atoms with Gasteiger partial charge >= 0.3 is 5.92 Å². The molecular weight excluding hydrogens is 290 g/mol. The summed E-state index contributed by atoms with van der Waals surface area (Å²) in [7, 11) is 0. The van der Waals surface area contributed by atoms with Crippen molar-refractivity contribution in [2.75, 3.05) is 0 Å². The summed E-state index contributed by atoms with van der Waals surface area (Å²) in [5, 5.41) is 5.32. The van der Waals surface area contributed by atoms with Crippen molar-refractivity contribution >= 4 is 23.4 Å². The van der Waals surface area contributed by atoms with Gasteiger partial charge < -0.3 is 10.6 Å². The molecule has 0 bridgehead atoms. The lowest BCUT2D eigenvalue weighted by atomic mass is 10.0. The van der Waals surface area contributed by atoms with Crippen molar-refractivity contribution in [3.05, 3.63) is 34.9 Å². The van der Waals surface area contributed by atoms with Gasteiger partial charge in [0.15, 0.2) is 0 Å². The van der Waals surface area contributed by atoms with E-state index in [0.29, 0.717) is 17.5 Å². The minimum absolute atomic E-state index is 0.0427. The maximum absolute atomic E-state index is 12.9. The van der Waals surface area contributed by atoms with Crippen molar-refractivity contribution in [1.29, 1.82) is 0 Å². The third-order valence-corrected chi connectivity index (χ3v) is 3.28. The van der Waals surface area contributed by atoms with E-state index >= 15 is 0 Å². The Bertz CT molecular complexity index is 545. The lowest BCUT2D eigenvalue weighted by Crippen LogP contribution is -2.45. The van der Waals surface area contributed by atoms with Crippen LogP contribution < -0.4 is 10.6 Å². The van der Waals surface area contributed by atoms with E-state index < -0.39 is 23.9 Å². The van der Waals surface area contributed by atoms with E-state index in [0.717, 1.165) is 0 Å². The SMILES string of the molecule is CC(F)(F)C(=O)N[C@@H]1CC(=O)N[C@H]1c1cccc(Cl)c1. The Morgan fingerprint density at radius 3 is 2.80 bits per heavy atom. The Labute approximate surface area is 119 Å². The number of carbonyl (C=O) groups is 2. The number of halogens is 3. The second-order valence-corrected chi connectivity index (χ2v) is 5.21. The molecule has 1 aliphatic heterocycles. The van der Waals surface area contributed by atoms with Gasteiger partial charge in [0.05, 0.1) is 12.1 Å². The van der Waals surface area contributed by atoms with Crippen molar-refractivity contribution in [3.8, 4) is 0 Å². The number of hydrogen-bond acceptors (Lipinski definition) is 2. The van der Waals surface area contributed by atoms with Gasteiger partial charge in [0.2, 0.25) is 5.91 Å². The van der Waals surface area contributed by atoms with Gasteiger partial charge in [0.1, 0.15) is 0 Å². The predicted molar refractivity (Wildman–Crippen MR) is 69.5 cm³/mol. The molecule has 2 N–H and O–H groups in total. The first-order valence-corrected chi connectivity index (χ1v) is 6.39. The molecule has 0 radical (unpaired) electrons. The Hall–Kier alpha value is -1.69. The van der Waals surface area contributed by atoms with E-state index in [-0.39, 0.29) is 12.3 Å². The molecule has 2 atom stereocenters. The van der Waals surface area contributed by atoms with Crippen molar-refractivity contribution in [1.82, 2.24) is 10.6 Å². The van der Waals surface area contributed by atoms with Gasteiger partial charge in [-0.1, -0.05) is 23.7 Å². The molecule has 1 aromatic carbocycles. The zero-order valence-electron chi connectivity index (χ0n) is 10.6. The van der Waals surface area contributed by atoms with Gasteiger partial charge in [-0.15, -0.1) is 0 Å². The number of benzene rings is 1. The van der Waals surface area contributed by atoms with Crippen LogP contribution in [0.25, 0.3) is 0 Å². The summed E-state index contributed by atoms with van der Waals surface area (Å²) >= 11 is 5.87. The molecule has 1 fully saturated rings. The van der Waals surface area contributed by atoms with Crippen LogP contribution in [0.5, 0.6) is 0 Å². The fourth-order valence-corrected chi connectivity index (χ4v) is 2.29. The molecule has 0 spiro atoms. The van der Waals surface area contributed by atoms with E-state index in [9.17, 15) is 18.4 Å². The van der Waals surface area contributed by atoms with Crippen LogP contribution in [0.3, 0.4) is 0 Å². The van der Waals surface area contributed by atoms with Gasteiger partial charge in [-0.05, 0) is 17.7 Å². The molecule has 20 heavy (non-hydrogen) atoms. The van der Waals surface area contributed by atoms with Crippen molar-refractivity contribution in [2.24, 2.45) is 0 Å². The molecule has 1 heterocycles. The Morgan fingerprint density at radius 2 is 2.20 bits per heavy atom. The zero-order valence-corrected chi connectivity index (χ0v) is 11.4. The van der Waals surface area contributed by atoms with Gasteiger partial charge in [0.25, 0.3) is 5.91 Å². The molecular formula is C13H13ClF2N2O2. The summed E-state index contributed by atoms with van der Waals surface area (Å²) in [6.07, 6.45) is -0.0427.